The lowest BCUT2D eigenvalue weighted by Crippen LogP contribution is -2.23. The molecule has 4 heteroatoms. The Hall–Kier alpha value is -1.16. The fourth-order valence-corrected chi connectivity index (χ4v) is 2.21. The van der Waals surface area contributed by atoms with Crippen LogP contribution in [-0.4, -0.2) is 23.6 Å². The first-order valence-electron chi connectivity index (χ1n) is 6.07. The number of aromatic amines is 1. The normalized spacial score (nSPS) is 14.8. The van der Waals surface area contributed by atoms with Crippen molar-refractivity contribution in [2.24, 2.45) is 0 Å². The molecule has 1 aliphatic rings. The van der Waals surface area contributed by atoms with Gasteiger partial charge in [0, 0.05) is 12.0 Å². The molecule has 1 aromatic heterocycles. The molecule has 0 unspecified atom stereocenters. The van der Waals surface area contributed by atoms with Crippen LogP contribution in [0.5, 0.6) is 0 Å². The predicted octanol–water partition coefficient (Wildman–Crippen LogP) is 0.801. The third-order valence-corrected chi connectivity index (χ3v) is 3.08. The molecule has 0 radical (unpaired) electrons. The van der Waals surface area contributed by atoms with Gasteiger partial charge < -0.3 is 10.3 Å². The first-order valence-corrected chi connectivity index (χ1v) is 6.07. The maximum absolute atomic E-state index is 11.8. The third-order valence-electron chi connectivity index (χ3n) is 3.08. The Bertz CT molecular complexity index is 411. The van der Waals surface area contributed by atoms with Gasteiger partial charge in [0.1, 0.15) is 5.82 Å². The summed E-state index contributed by atoms with van der Waals surface area (Å²) in [5.41, 5.74) is 2.04. The van der Waals surface area contributed by atoms with E-state index in [1.54, 1.807) is 0 Å². The van der Waals surface area contributed by atoms with Gasteiger partial charge in [-0.3, -0.25) is 4.79 Å². The molecule has 1 heterocycles. The molecule has 4 nitrogen and oxygen atoms in total. The van der Waals surface area contributed by atoms with Crippen molar-refractivity contribution in [3.8, 4) is 0 Å². The predicted molar refractivity (Wildman–Crippen MR) is 63.7 cm³/mol. The minimum atomic E-state index is 0.0872. The molecule has 0 aliphatic heterocycles. The summed E-state index contributed by atoms with van der Waals surface area (Å²) in [7, 11) is 1.93. The minimum Gasteiger partial charge on any atom is -0.320 e. The van der Waals surface area contributed by atoms with E-state index in [0.29, 0.717) is 0 Å². The van der Waals surface area contributed by atoms with Gasteiger partial charge in [-0.05, 0) is 45.7 Å². The number of nitrogens with zero attached hydrogens (tertiary/aromatic N) is 1. The van der Waals surface area contributed by atoms with Crippen LogP contribution in [0, 0.1) is 0 Å². The lowest BCUT2D eigenvalue weighted by Gasteiger charge is -2.14. The molecule has 16 heavy (non-hydrogen) atoms. The monoisotopic (exact) mass is 221 g/mol. The summed E-state index contributed by atoms with van der Waals surface area (Å²) in [5, 5.41) is 3.10. The van der Waals surface area contributed by atoms with Gasteiger partial charge in [0.15, 0.2) is 0 Å². The lowest BCUT2D eigenvalue weighted by atomic mass is 9.97. The fraction of sp³-hybridized carbons (Fsp3) is 0.667. The molecule has 0 spiro atoms. The molecule has 0 aromatic carbocycles. The number of hydrogen-bond acceptors (Lipinski definition) is 3. The molecule has 0 saturated heterocycles. The van der Waals surface area contributed by atoms with Crippen molar-refractivity contribution < 1.29 is 0 Å². The number of aryl methyl sites for hydroxylation is 2. The molecule has 2 N–H and O–H groups in total. The van der Waals surface area contributed by atoms with Crippen molar-refractivity contribution >= 4 is 0 Å². The summed E-state index contributed by atoms with van der Waals surface area (Å²) in [6.07, 6.45) is 6.02. The SMILES string of the molecule is CNCCCc1nc2c(c(=O)[nH]1)CCCC2. The highest BCUT2D eigenvalue weighted by Crippen LogP contribution is 2.15. The van der Waals surface area contributed by atoms with Gasteiger partial charge in [-0.15, -0.1) is 0 Å². The van der Waals surface area contributed by atoms with E-state index in [2.05, 4.69) is 15.3 Å². The highest BCUT2D eigenvalue weighted by molar-refractivity contribution is 5.20. The van der Waals surface area contributed by atoms with Crippen LogP contribution in [0.15, 0.2) is 4.79 Å². The molecule has 0 bridgehead atoms. The van der Waals surface area contributed by atoms with Crippen LogP contribution >= 0.6 is 0 Å². The molecule has 0 amide bonds. The molecule has 1 aliphatic carbocycles. The van der Waals surface area contributed by atoms with E-state index >= 15 is 0 Å². The lowest BCUT2D eigenvalue weighted by molar-refractivity contribution is 0.636. The summed E-state index contributed by atoms with van der Waals surface area (Å²) in [4.78, 5) is 19.3. The zero-order chi connectivity index (χ0) is 11.4. The molecule has 88 valence electrons. The van der Waals surface area contributed by atoms with Crippen molar-refractivity contribution in [3.63, 3.8) is 0 Å². The van der Waals surface area contributed by atoms with Crippen LogP contribution in [0.3, 0.4) is 0 Å². The number of H-pyrrole nitrogens is 1. The highest BCUT2D eigenvalue weighted by atomic mass is 16.1. The zero-order valence-electron chi connectivity index (χ0n) is 9.81. The van der Waals surface area contributed by atoms with E-state index < -0.39 is 0 Å². The maximum atomic E-state index is 11.8. The Morgan fingerprint density at radius 3 is 3.00 bits per heavy atom. The molecular formula is C12H19N3O. The number of fused-ring (bicyclic) bond motifs is 1. The molecule has 0 saturated carbocycles. The van der Waals surface area contributed by atoms with Crippen LogP contribution in [0.4, 0.5) is 0 Å². The van der Waals surface area contributed by atoms with E-state index in [0.717, 1.165) is 55.7 Å². The molecule has 0 atom stereocenters. The van der Waals surface area contributed by atoms with Gasteiger partial charge in [-0.25, -0.2) is 4.98 Å². The minimum absolute atomic E-state index is 0.0872. The average Bonchev–Trinajstić information content (AvgIpc) is 2.30. The van der Waals surface area contributed by atoms with E-state index in [9.17, 15) is 4.79 Å². The van der Waals surface area contributed by atoms with Crippen molar-refractivity contribution in [1.29, 1.82) is 0 Å². The van der Waals surface area contributed by atoms with E-state index in [4.69, 9.17) is 0 Å². The molecular weight excluding hydrogens is 202 g/mol. The number of nitrogens with one attached hydrogen (secondary N) is 2. The van der Waals surface area contributed by atoms with Gasteiger partial charge in [0.2, 0.25) is 0 Å². The van der Waals surface area contributed by atoms with Gasteiger partial charge in [-0.2, -0.15) is 0 Å². The Kier molecular flexibility index (Phi) is 3.72. The Morgan fingerprint density at radius 2 is 2.19 bits per heavy atom. The van der Waals surface area contributed by atoms with Crippen molar-refractivity contribution in [2.75, 3.05) is 13.6 Å². The first-order chi connectivity index (χ1) is 7.81. The second-order valence-electron chi connectivity index (χ2n) is 4.35. The quantitative estimate of drug-likeness (QED) is 0.739. The van der Waals surface area contributed by atoms with E-state index in [1.165, 1.54) is 6.42 Å². The molecule has 0 fully saturated rings. The van der Waals surface area contributed by atoms with E-state index in [1.807, 2.05) is 7.05 Å². The number of aromatic nitrogens is 2. The van der Waals surface area contributed by atoms with Gasteiger partial charge in [0.25, 0.3) is 5.56 Å². The summed E-state index contributed by atoms with van der Waals surface area (Å²) in [6.45, 7) is 0.959. The average molecular weight is 221 g/mol. The first kappa shape index (κ1) is 11.3. The van der Waals surface area contributed by atoms with Crippen molar-refractivity contribution in [2.45, 2.75) is 38.5 Å². The van der Waals surface area contributed by atoms with E-state index in [-0.39, 0.29) is 5.56 Å². The largest absolute Gasteiger partial charge is 0.320 e. The number of rotatable bonds is 4. The summed E-state index contributed by atoms with van der Waals surface area (Å²) in [5.74, 6) is 0.848. The molecule has 1 aromatic rings. The zero-order valence-corrected chi connectivity index (χ0v) is 9.81. The highest BCUT2D eigenvalue weighted by Gasteiger charge is 2.14. The Labute approximate surface area is 95.5 Å². The topological polar surface area (TPSA) is 57.8 Å². The van der Waals surface area contributed by atoms with Crippen LogP contribution in [0.25, 0.3) is 0 Å². The Morgan fingerprint density at radius 1 is 1.38 bits per heavy atom. The van der Waals surface area contributed by atoms with Crippen LogP contribution in [-0.2, 0) is 19.3 Å². The summed E-state index contributed by atoms with van der Waals surface area (Å²) in [6, 6.07) is 0. The Balaban J connectivity index is 2.15. The second kappa shape index (κ2) is 5.25. The van der Waals surface area contributed by atoms with Crippen molar-refractivity contribution in [3.05, 3.63) is 27.4 Å². The van der Waals surface area contributed by atoms with Crippen LogP contribution in [0.1, 0.15) is 36.3 Å². The van der Waals surface area contributed by atoms with Gasteiger partial charge in [-0.1, -0.05) is 0 Å². The van der Waals surface area contributed by atoms with Crippen LogP contribution < -0.4 is 10.9 Å². The smallest absolute Gasteiger partial charge is 0.254 e. The molecule has 2 rings (SSSR count). The van der Waals surface area contributed by atoms with Crippen LogP contribution in [0.2, 0.25) is 0 Å². The second-order valence-corrected chi connectivity index (χ2v) is 4.35. The maximum Gasteiger partial charge on any atom is 0.254 e. The summed E-state index contributed by atoms with van der Waals surface area (Å²) >= 11 is 0. The summed E-state index contributed by atoms with van der Waals surface area (Å²) < 4.78 is 0. The van der Waals surface area contributed by atoms with Gasteiger partial charge >= 0.3 is 0 Å². The third kappa shape index (κ3) is 2.50. The van der Waals surface area contributed by atoms with Crippen molar-refractivity contribution in [1.82, 2.24) is 15.3 Å². The fourth-order valence-electron chi connectivity index (χ4n) is 2.21. The van der Waals surface area contributed by atoms with Gasteiger partial charge in [0.05, 0.1) is 5.69 Å². The number of hydrogen-bond donors (Lipinski definition) is 2. The standard InChI is InChI=1S/C12H19N3O/c1-13-8-4-7-11-14-10-6-3-2-5-9(10)12(16)15-11/h13H,2-8H2,1H3,(H,14,15,16).